The van der Waals surface area contributed by atoms with E-state index in [1.165, 1.54) is 6.92 Å². The van der Waals surface area contributed by atoms with Crippen LogP contribution in [0.25, 0.3) is 0 Å². The number of amides is 2. The Morgan fingerprint density at radius 1 is 1.27 bits per heavy atom. The van der Waals surface area contributed by atoms with Gasteiger partial charge in [-0.25, -0.2) is 0 Å². The first-order valence-corrected chi connectivity index (χ1v) is 7.49. The molecule has 1 saturated heterocycles. The number of nitrogens with zero attached hydrogens (tertiary/aromatic N) is 2. The number of hydrogen-bond donors (Lipinski definition) is 1. The van der Waals surface area contributed by atoms with Crippen molar-refractivity contribution in [2.75, 3.05) is 39.8 Å². The van der Waals surface area contributed by atoms with E-state index >= 15 is 0 Å². The van der Waals surface area contributed by atoms with Crippen molar-refractivity contribution in [3.8, 4) is 5.75 Å². The lowest BCUT2D eigenvalue weighted by Gasteiger charge is -2.38. The third-order valence-corrected chi connectivity index (χ3v) is 3.70. The zero-order valence-corrected chi connectivity index (χ0v) is 13.1. The number of ether oxygens (including phenoxy) is 1. The van der Waals surface area contributed by atoms with Gasteiger partial charge in [0.2, 0.25) is 11.8 Å². The van der Waals surface area contributed by atoms with E-state index in [0.29, 0.717) is 26.2 Å². The molecule has 0 spiro atoms. The third-order valence-electron chi connectivity index (χ3n) is 3.70. The highest BCUT2D eigenvalue weighted by Gasteiger charge is 2.32. The molecule has 1 aliphatic rings. The molecule has 120 valence electrons. The van der Waals surface area contributed by atoms with Gasteiger partial charge in [0.05, 0.1) is 6.54 Å². The van der Waals surface area contributed by atoms with E-state index in [1.807, 2.05) is 37.4 Å². The second-order valence-corrected chi connectivity index (χ2v) is 5.44. The van der Waals surface area contributed by atoms with Crippen LogP contribution in [0.15, 0.2) is 30.3 Å². The van der Waals surface area contributed by atoms with Gasteiger partial charge in [0.25, 0.3) is 0 Å². The van der Waals surface area contributed by atoms with E-state index in [9.17, 15) is 9.59 Å². The van der Waals surface area contributed by atoms with Crippen LogP contribution in [-0.2, 0) is 9.59 Å². The van der Waals surface area contributed by atoms with Gasteiger partial charge in [-0.1, -0.05) is 18.2 Å². The molecule has 1 fully saturated rings. The van der Waals surface area contributed by atoms with Crippen LogP contribution < -0.4 is 10.1 Å². The average molecular weight is 305 g/mol. The molecule has 0 aliphatic carbocycles. The highest BCUT2D eigenvalue weighted by molar-refractivity contribution is 5.87. The summed E-state index contributed by atoms with van der Waals surface area (Å²) in [5.74, 6) is 0.590. The standard InChI is InChI=1S/C16H23N3O3/c1-13(20)19-10-9-18(2)12-15(19)16(21)17-8-11-22-14-6-4-3-5-7-14/h3-7,15H,8-12H2,1-2H3,(H,17,21). The van der Waals surface area contributed by atoms with Crippen LogP contribution in [-0.4, -0.2) is 67.5 Å². The van der Waals surface area contributed by atoms with Crippen molar-refractivity contribution in [3.05, 3.63) is 30.3 Å². The molecule has 6 heteroatoms. The quantitative estimate of drug-likeness (QED) is 0.797. The van der Waals surface area contributed by atoms with E-state index < -0.39 is 6.04 Å². The van der Waals surface area contributed by atoms with Gasteiger partial charge in [0.15, 0.2) is 0 Å². The maximum atomic E-state index is 12.3. The number of carbonyl (C=O) groups is 2. The van der Waals surface area contributed by atoms with Gasteiger partial charge < -0.3 is 19.9 Å². The minimum Gasteiger partial charge on any atom is -0.492 e. The van der Waals surface area contributed by atoms with Crippen LogP contribution in [0, 0.1) is 0 Å². The van der Waals surface area contributed by atoms with Crippen molar-refractivity contribution in [1.29, 1.82) is 0 Å². The van der Waals surface area contributed by atoms with Crippen LogP contribution >= 0.6 is 0 Å². The zero-order chi connectivity index (χ0) is 15.9. The molecule has 2 amide bonds. The van der Waals surface area contributed by atoms with E-state index in [4.69, 9.17) is 4.74 Å². The number of carbonyl (C=O) groups excluding carboxylic acids is 2. The molecule has 1 atom stereocenters. The fourth-order valence-electron chi connectivity index (χ4n) is 2.50. The minimum atomic E-state index is -0.423. The lowest BCUT2D eigenvalue weighted by atomic mass is 10.1. The molecule has 6 nitrogen and oxygen atoms in total. The number of rotatable bonds is 5. The van der Waals surface area contributed by atoms with Crippen LogP contribution in [0.5, 0.6) is 5.75 Å². The van der Waals surface area contributed by atoms with Crippen molar-refractivity contribution in [2.45, 2.75) is 13.0 Å². The van der Waals surface area contributed by atoms with Crippen molar-refractivity contribution < 1.29 is 14.3 Å². The molecule has 0 bridgehead atoms. The summed E-state index contributed by atoms with van der Waals surface area (Å²) >= 11 is 0. The van der Waals surface area contributed by atoms with Crippen molar-refractivity contribution in [1.82, 2.24) is 15.1 Å². The SMILES string of the molecule is CC(=O)N1CCN(C)CC1C(=O)NCCOc1ccccc1. The Labute approximate surface area is 131 Å². The first kappa shape index (κ1) is 16.3. The fourth-order valence-corrected chi connectivity index (χ4v) is 2.50. The van der Waals surface area contributed by atoms with E-state index in [1.54, 1.807) is 4.90 Å². The molecule has 1 aromatic carbocycles. The van der Waals surface area contributed by atoms with Gasteiger partial charge in [-0.3, -0.25) is 9.59 Å². The molecule has 1 aromatic rings. The first-order valence-electron chi connectivity index (χ1n) is 7.49. The number of nitrogens with one attached hydrogen (secondary N) is 1. The molecule has 0 radical (unpaired) electrons. The van der Waals surface area contributed by atoms with E-state index in [2.05, 4.69) is 10.2 Å². The van der Waals surface area contributed by atoms with Crippen molar-refractivity contribution in [3.63, 3.8) is 0 Å². The predicted molar refractivity (Wildman–Crippen MR) is 83.6 cm³/mol. The number of para-hydroxylation sites is 1. The normalized spacial score (nSPS) is 18.8. The Morgan fingerprint density at radius 2 is 2.00 bits per heavy atom. The minimum absolute atomic E-state index is 0.0613. The van der Waals surface area contributed by atoms with Crippen LogP contribution in [0.1, 0.15) is 6.92 Å². The monoisotopic (exact) mass is 305 g/mol. The molecular weight excluding hydrogens is 282 g/mol. The Balaban J connectivity index is 1.78. The fraction of sp³-hybridized carbons (Fsp3) is 0.500. The highest BCUT2D eigenvalue weighted by atomic mass is 16.5. The zero-order valence-electron chi connectivity index (χ0n) is 13.1. The Morgan fingerprint density at radius 3 is 2.68 bits per heavy atom. The number of piperazine rings is 1. The molecule has 22 heavy (non-hydrogen) atoms. The van der Waals surface area contributed by atoms with Gasteiger partial charge in [-0.2, -0.15) is 0 Å². The second kappa shape index (κ2) is 7.79. The lowest BCUT2D eigenvalue weighted by molar-refractivity contribution is -0.142. The Bertz CT molecular complexity index is 507. The summed E-state index contributed by atoms with van der Waals surface area (Å²) in [7, 11) is 1.95. The summed E-state index contributed by atoms with van der Waals surface area (Å²) in [6, 6.07) is 9.04. The van der Waals surface area contributed by atoms with Gasteiger partial charge in [0, 0.05) is 26.6 Å². The van der Waals surface area contributed by atoms with Crippen LogP contribution in [0.4, 0.5) is 0 Å². The summed E-state index contributed by atoms with van der Waals surface area (Å²) in [6.07, 6.45) is 0. The van der Waals surface area contributed by atoms with E-state index in [-0.39, 0.29) is 11.8 Å². The molecule has 1 unspecified atom stereocenters. The number of likely N-dealkylation sites (N-methyl/N-ethyl adjacent to an activating group) is 1. The van der Waals surface area contributed by atoms with Crippen LogP contribution in [0.2, 0.25) is 0 Å². The molecule has 0 aromatic heterocycles. The molecule has 0 saturated carbocycles. The molecule has 1 heterocycles. The number of hydrogen-bond acceptors (Lipinski definition) is 4. The summed E-state index contributed by atoms with van der Waals surface area (Å²) in [6.45, 7) is 4.26. The highest BCUT2D eigenvalue weighted by Crippen LogP contribution is 2.09. The number of benzene rings is 1. The topological polar surface area (TPSA) is 61.9 Å². The first-order chi connectivity index (χ1) is 10.6. The van der Waals surface area contributed by atoms with Gasteiger partial charge in [-0.05, 0) is 19.2 Å². The molecule has 1 aliphatic heterocycles. The Hall–Kier alpha value is -2.08. The second-order valence-electron chi connectivity index (χ2n) is 5.44. The maximum Gasteiger partial charge on any atom is 0.244 e. The van der Waals surface area contributed by atoms with Gasteiger partial charge in [-0.15, -0.1) is 0 Å². The largest absolute Gasteiger partial charge is 0.492 e. The summed E-state index contributed by atoms with van der Waals surface area (Å²) < 4.78 is 5.53. The van der Waals surface area contributed by atoms with E-state index in [0.717, 1.165) is 12.3 Å². The summed E-state index contributed by atoms with van der Waals surface area (Å²) in [4.78, 5) is 27.6. The van der Waals surface area contributed by atoms with Crippen molar-refractivity contribution >= 4 is 11.8 Å². The third kappa shape index (κ3) is 4.46. The van der Waals surface area contributed by atoms with Crippen LogP contribution in [0.3, 0.4) is 0 Å². The smallest absolute Gasteiger partial charge is 0.244 e. The van der Waals surface area contributed by atoms with Gasteiger partial charge in [0.1, 0.15) is 18.4 Å². The molecule has 2 rings (SSSR count). The van der Waals surface area contributed by atoms with Crippen molar-refractivity contribution in [2.24, 2.45) is 0 Å². The maximum absolute atomic E-state index is 12.3. The average Bonchev–Trinajstić information content (AvgIpc) is 2.52. The molecular formula is C16H23N3O3. The lowest BCUT2D eigenvalue weighted by Crippen LogP contribution is -2.59. The summed E-state index contributed by atoms with van der Waals surface area (Å²) in [5.41, 5.74) is 0. The Kier molecular flexibility index (Phi) is 5.77. The molecule has 1 N–H and O–H groups in total. The summed E-state index contributed by atoms with van der Waals surface area (Å²) in [5, 5.41) is 2.84. The predicted octanol–water partition coefficient (Wildman–Crippen LogP) is 0.344. The van der Waals surface area contributed by atoms with Gasteiger partial charge >= 0.3 is 0 Å².